The van der Waals surface area contributed by atoms with E-state index in [9.17, 15) is 18.0 Å². The van der Waals surface area contributed by atoms with Crippen molar-refractivity contribution < 1.29 is 18.0 Å². The van der Waals surface area contributed by atoms with Crippen LogP contribution in [0.1, 0.15) is 47.9 Å². The molecule has 1 atom stereocenters. The summed E-state index contributed by atoms with van der Waals surface area (Å²) in [5.41, 5.74) is 5.68. The predicted octanol–water partition coefficient (Wildman–Crippen LogP) is 1.39. The number of aryl methyl sites for hydroxylation is 2. The SMILES string of the molecule is O=C1CCC(S(=O)(=O)NC(=O)Nc2c3c(cc4c2CCC4)CCC3)CN1. The van der Waals surface area contributed by atoms with Gasteiger partial charge in [0.15, 0.2) is 0 Å². The zero-order valence-electron chi connectivity index (χ0n) is 14.6. The number of carbonyl (C=O) groups excluding carboxylic acids is 2. The monoisotopic (exact) mass is 377 g/mol. The summed E-state index contributed by atoms with van der Waals surface area (Å²) in [7, 11) is -3.83. The van der Waals surface area contributed by atoms with Crippen molar-refractivity contribution in [3.63, 3.8) is 0 Å². The third kappa shape index (κ3) is 3.18. The molecule has 1 aromatic rings. The van der Waals surface area contributed by atoms with E-state index in [1.807, 2.05) is 0 Å². The van der Waals surface area contributed by atoms with Gasteiger partial charge in [-0.2, -0.15) is 0 Å². The summed E-state index contributed by atoms with van der Waals surface area (Å²) in [5, 5.41) is 4.59. The summed E-state index contributed by atoms with van der Waals surface area (Å²) >= 11 is 0. The molecule has 0 bridgehead atoms. The zero-order chi connectivity index (χ0) is 18.3. The van der Waals surface area contributed by atoms with Crippen LogP contribution in [0, 0.1) is 0 Å². The number of anilines is 1. The fourth-order valence-electron chi connectivity index (χ4n) is 4.29. The number of carbonyl (C=O) groups is 2. The highest BCUT2D eigenvalue weighted by Gasteiger charge is 2.32. The first-order valence-corrected chi connectivity index (χ1v) is 10.7. The van der Waals surface area contributed by atoms with Crippen LogP contribution in [0.25, 0.3) is 0 Å². The van der Waals surface area contributed by atoms with Crippen LogP contribution in [0.4, 0.5) is 10.5 Å². The van der Waals surface area contributed by atoms with Crippen molar-refractivity contribution in [2.45, 2.75) is 56.6 Å². The Labute approximate surface area is 153 Å². The Morgan fingerprint density at radius 2 is 1.69 bits per heavy atom. The molecule has 7 nitrogen and oxygen atoms in total. The van der Waals surface area contributed by atoms with Crippen molar-refractivity contribution in [1.29, 1.82) is 0 Å². The van der Waals surface area contributed by atoms with Crippen LogP contribution in [0.2, 0.25) is 0 Å². The number of nitrogens with one attached hydrogen (secondary N) is 3. The molecule has 3 N–H and O–H groups in total. The van der Waals surface area contributed by atoms with E-state index in [1.54, 1.807) is 0 Å². The van der Waals surface area contributed by atoms with Gasteiger partial charge >= 0.3 is 6.03 Å². The van der Waals surface area contributed by atoms with E-state index < -0.39 is 21.3 Å². The van der Waals surface area contributed by atoms with Gasteiger partial charge in [0.1, 0.15) is 0 Å². The van der Waals surface area contributed by atoms with Crippen molar-refractivity contribution in [3.8, 4) is 0 Å². The maximum Gasteiger partial charge on any atom is 0.332 e. The smallest absolute Gasteiger partial charge is 0.332 e. The van der Waals surface area contributed by atoms with E-state index in [1.165, 1.54) is 11.1 Å². The minimum Gasteiger partial charge on any atom is -0.355 e. The summed E-state index contributed by atoms with van der Waals surface area (Å²) in [6.07, 6.45) is 6.37. The quantitative estimate of drug-likeness (QED) is 0.740. The van der Waals surface area contributed by atoms with Crippen molar-refractivity contribution >= 4 is 27.6 Å². The molecule has 0 aromatic heterocycles. The number of benzene rings is 1. The highest BCUT2D eigenvalue weighted by atomic mass is 32.2. The van der Waals surface area contributed by atoms with Crippen molar-refractivity contribution in [3.05, 3.63) is 28.3 Å². The maximum atomic E-state index is 12.4. The molecule has 1 heterocycles. The van der Waals surface area contributed by atoms with Crippen molar-refractivity contribution in [2.75, 3.05) is 11.9 Å². The van der Waals surface area contributed by atoms with Crippen molar-refractivity contribution in [2.24, 2.45) is 0 Å². The number of rotatable bonds is 3. The summed E-state index contributed by atoms with van der Waals surface area (Å²) in [4.78, 5) is 23.7. The van der Waals surface area contributed by atoms with Gasteiger partial charge in [0.2, 0.25) is 15.9 Å². The zero-order valence-corrected chi connectivity index (χ0v) is 15.4. The summed E-state index contributed by atoms with van der Waals surface area (Å²) in [5.74, 6) is -0.156. The molecule has 26 heavy (non-hydrogen) atoms. The van der Waals surface area contributed by atoms with Crippen molar-refractivity contribution in [1.82, 2.24) is 10.0 Å². The second kappa shape index (κ2) is 6.57. The molecule has 3 amide bonds. The van der Waals surface area contributed by atoms with Crippen LogP contribution in [0.15, 0.2) is 6.07 Å². The van der Waals surface area contributed by atoms with Gasteiger partial charge in [0.05, 0.1) is 5.25 Å². The Balaban J connectivity index is 1.52. The van der Waals surface area contributed by atoms with Gasteiger partial charge < -0.3 is 10.6 Å². The topological polar surface area (TPSA) is 104 Å². The molecule has 3 aliphatic rings. The van der Waals surface area contributed by atoms with E-state index in [0.29, 0.717) is 0 Å². The number of sulfonamides is 1. The first-order chi connectivity index (χ1) is 12.4. The van der Waals surface area contributed by atoms with Crippen LogP contribution in [-0.2, 0) is 40.5 Å². The van der Waals surface area contributed by atoms with Crippen LogP contribution in [0.5, 0.6) is 0 Å². The lowest BCUT2D eigenvalue weighted by Crippen LogP contribution is -2.48. The molecule has 4 rings (SSSR count). The fourth-order valence-corrected chi connectivity index (χ4v) is 5.50. The number of fused-ring (bicyclic) bond motifs is 2. The molecular weight excluding hydrogens is 354 g/mol. The van der Waals surface area contributed by atoms with Crippen LogP contribution in [0.3, 0.4) is 0 Å². The average Bonchev–Trinajstić information content (AvgIpc) is 3.23. The number of urea groups is 1. The summed E-state index contributed by atoms with van der Waals surface area (Å²) in [6.45, 7) is 0.0393. The highest BCUT2D eigenvalue weighted by Crippen LogP contribution is 2.38. The Bertz CT molecular complexity index is 837. The van der Waals surface area contributed by atoms with Crippen LogP contribution >= 0.6 is 0 Å². The first-order valence-electron chi connectivity index (χ1n) is 9.20. The molecule has 1 aromatic carbocycles. The standard InChI is InChI=1S/C18H23N3O4S/c22-16-8-7-13(10-19-16)26(24,25)21-18(23)20-17-14-5-1-3-11(14)9-12-4-2-6-15(12)17/h9,13H,1-8,10H2,(H,19,22)(H2,20,21,23). The lowest BCUT2D eigenvalue weighted by atomic mass is 9.99. The lowest BCUT2D eigenvalue weighted by Gasteiger charge is -2.23. The van der Waals surface area contributed by atoms with E-state index in [2.05, 4.69) is 21.4 Å². The van der Waals surface area contributed by atoms with E-state index in [0.717, 1.165) is 55.3 Å². The second-order valence-electron chi connectivity index (χ2n) is 7.30. The van der Waals surface area contributed by atoms with Gasteiger partial charge in [-0.15, -0.1) is 0 Å². The lowest BCUT2D eigenvalue weighted by molar-refractivity contribution is -0.122. The Morgan fingerprint density at radius 3 is 2.27 bits per heavy atom. The number of hydrogen-bond donors (Lipinski definition) is 3. The van der Waals surface area contributed by atoms with Gasteiger partial charge in [-0.05, 0) is 67.2 Å². The largest absolute Gasteiger partial charge is 0.355 e. The summed E-state index contributed by atoms with van der Waals surface area (Å²) < 4.78 is 27.0. The Morgan fingerprint density at radius 1 is 1.04 bits per heavy atom. The minimum absolute atomic E-state index is 0.0393. The third-order valence-electron chi connectivity index (χ3n) is 5.61. The molecule has 8 heteroatoms. The van der Waals surface area contributed by atoms with Gasteiger partial charge in [-0.25, -0.2) is 17.9 Å². The predicted molar refractivity (Wildman–Crippen MR) is 97.6 cm³/mol. The first kappa shape index (κ1) is 17.3. The van der Waals surface area contributed by atoms with Gasteiger partial charge in [0.25, 0.3) is 0 Å². The fraction of sp³-hybridized carbons (Fsp3) is 0.556. The maximum absolute atomic E-state index is 12.4. The number of hydrogen-bond acceptors (Lipinski definition) is 4. The molecule has 0 spiro atoms. The molecule has 1 saturated heterocycles. The second-order valence-corrected chi connectivity index (χ2v) is 9.26. The normalized spacial score (nSPS) is 21.7. The molecule has 0 radical (unpaired) electrons. The van der Waals surface area contributed by atoms with Crippen LogP contribution in [-0.4, -0.2) is 32.2 Å². The number of piperidine rings is 1. The molecular formula is C18H23N3O4S. The average molecular weight is 377 g/mol. The molecule has 1 fully saturated rings. The Hall–Kier alpha value is -2.09. The molecule has 1 unspecified atom stereocenters. The number of amides is 3. The molecule has 1 aliphatic heterocycles. The minimum atomic E-state index is -3.83. The van der Waals surface area contributed by atoms with Gasteiger partial charge in [0, 0.05) is 18.7 Å². The van der Waals surface area contributed by atoms with Gasteiger partial charge in [-0.3, -0.25) is 4.79 Å². The van der Waals surface area contributed by atoms with E-state index in [4.69, 9.17) is 0 Å². The van der Waals surface area contributed by atoms with E-state index >= 15 is 0 Å². The van der Waals surface area contributed by atoms with Crippen LogP contribution < -0.4 is 15.4 Å². The molecule has 0 saturated carbocycles. The molecule has 2 aliphatic carbocycles. The molecule has 140 valence electrons. The summed E-state index contributed by atoms with van der Waals surface area (Å²) in [6, 6.07) is 1.55. The van der Waals surface area contributed by atoms with E-state index in [-0.39, 0.29) is 25.3 Å². The van der Waals surface area contributed by atoms with Gasteiger partial charge in [-0.1, -0.05) is 6.07 Å². The Kier molecular flexibility index (Phi) is 4.38. The third-order valence-corrected chi connectivity index (χ3v) is 7.36. The highest BCUT2D eigenvalue weighted by molar-refractivity contribution is 7.90.